The van der Waals surface area contributed by atoms with E-state index >= 15 is 0 Å². The lowest BCUT2D eigenvalue weighted by molar-refractivity contribution is -0.143. The number of aliphatic carboxylic acids is 1. The van der Waals surface area contributed by atoms with E-state index in [0.717, 1.165) is 12.8 Å². The smallest absolute Gasteiger partial charge is 0.329 e. The number of carboxylic acid groups (broad SMARTS) is 1. The number of benzene rings is 1. The van der Waals surface area contributed by atoms with E-state index in [1.807, 2.05) is 0 Å². The number of anilines is 1. The molecule has 0 aromatic heterocycles. The van der Waals surface area contributed by atoms with E-state index in [2.05, 4.69) is 10.6 Å². The average Bonchev–Trinajstić information content (AvgIpc) is 3.32. The van der Waals surface area contributed by atoms with Crippen LogP contribution in [0.2, 0.25) is 0 Å². The van der Waals surface area contributed by atoms with Crippen molar-refractivity contribution in [2.75, 3.05) is 5.32 Å². The minimum absolute atomic E-state index is 0.00152. The van der Waals surface area contributed by atoms with Gasteiger partial charge in [-0.25, -0.2) is 4.79 Å². The molecule has 2 amide bonds. The van der Waals surface area contributed by atoms with Crippen molar-refractivity contribution >= 4 is 23.5 Å². The standard InChI is InChI=1S/C16H20N2O4/c1-3-16(2,15(21)22)18-14(20)11-6-8-12(9-7-11)17-13(19)10-4-5-10/h6-10H,3-5H2,1-2H3,(H,17,19)(H,18,20)(H,21,22). The Bertz CT molecular complexity index is 593. The van der Waals surface area contributed by atoms with Crippen LogP contribution in [-0.2, 0) is 9.59 Å². The fourth-order valence-corrected chi connectivity index (χ4v) is 1.91. The summed E-state index contributed by atoms with van der Waals surface area (Å²) in [5.41, 5.74) is -0.314. The number of carbonyl (C=O) groups is 3. The Kier molecular flexibility index (Phi) is 4.49. The highest BCUT2D eigenvalue weighted by atomic mass is 16.4. The van der Waals surface area contributed by atoms with Crippen molar-refractivity contribution in [2.45, 2.75) is 38.6 Å². The van der Waals surface area contributed by atoms with Crippen LogP contribution in [0, 0.1) is 5.92 Å². The van der Waals surface area contributed by atoms with Crippen LogP contribution in [0.1, 0.15) is 43.5 Å². The van der Waals surface area contributed by atoms with Crippen LogP contribution >= 0.6 is 0 Å². The molecule has 1 aliphatic carbocycles. The van der Waals surface area contributed by atoms with Gasteiger partial charge in [-0.2, -0.15) is 0 Å². The predicted molar refractivity (Wildman–Crippen MR) is 81.6 cm³/mol. The highest BCUT2D eigenvalue weighted by molar-refractivity contribution is 5.99. The first-order valence-electron chi connectivity index (χ1n) is 7.32. The molecule has 0 saturated heterocycles. The van der Waals surface area contributed by atoms with Crippen molar-refractivity contribution < 1.29 is 19.5 Å². The topological polar surface area (TPSA) is 95.5 Å². The number of hydrogen-bond acceptors (Lipinski definition) is 3. The first-order valence-corrected chi connectivity index (χ1v) is 7.32. The van der Waals surface area contributed by atoms with Crippen LogP contribution in [0.5, 0.6) is 0 Å². The van der Waals surface area contributed by atoms with Crippen molar-refractivity contribution in [1.82, 2.24) is 5.32 Å². The van der Waals surface area contributed by atoms with E-state index in [4.69, 9.17) is 5.11 Å². The maximum atomic E-state index is 12.1. The van der Waals surface area contributed by atoms with Crippen LogP contribution in [-0.4, -0.2) is 28.4 Å². The minimum atomic E-state index is -1.30. The number of carbonyl (C=O) groups excluding carboxylic acids is 2. The van der Waals surface area contributed by atoms with Crippen molar-refractivity contribution in [2.24, 2.45) is 5.92 Å². The first kappa shape index (κ1) is 16.0. The van der Waals surface area contributed by atoms with Crippen LogP contribution < -0.4 is 10.6 Å². The summed E-state index contributed by atoms with van der Waals surface area (Å²) in [5, 5.41) is 14.5. The molecule has 0 bridgehead atoms. The Hall–Kier alpha value is -2.37. The molecule has 3 N–H and O–H groups in total. The molecule has 2 rings (SSSR count). The van der Waals surface area contributed by atoms with Crippen molar-refractivity contribution in [3.05, 3.63) is 29.8 Å². The maximum absolute atomic E-state index is 12.1. The molecule has 22 heavy (non-hydrogen) atoms. The zero-order chi connectivity index (χ0) is 16.3. The van der Waals surface area contributed by atoms with Crippen LogP contribution in [0.3, 0.4) is 0 Å². The summed E-state index contributed by atoms with van der Waals surface area (Å²) >= 11 is 0. The van der Waals surface area contributed by atoms with E-state index in [9.17, 15) is 14.4 Å². The second-order valence-corrected chi connectivity index (χ2v) is 5.79. The summed E-state index contributed by atoms with van der Waals surface area (Å²) in [4.78, 5) is 35.0. The Morgan fingerprint density at radius 3 is 2.27 bits per heavy atom. The van der Waals surface area contributed by atoms with Gasteiger partial charge in [0.2, 0.25) is 5.91 Å². The van der Waals surface area contributed by atoms with Gasteiger partial charge in [0.15, 0.2) is 0 Å². The van der Waals surface area contributed by atoms with Crippen LogP contribution in [0.25, 0.3) is 0 Å². The Morgan fingerprint density at radius 2 is 1.82 bits per heavy atom. The van der Waals surface area contributed by atoms with Gasteiger partial charge in [-0.05, 0) is 50.5 Å². The van der Waals surface area contributed by atoms with Crippen molar-refractivity contribution in [3.8, 4) is 0 Å². The van der Waals surface area contributed by atoms with E-state index in [1.54, 1.807) is 31.2 Å². The normalized spacial score (nSPS) is 16.5. The highest BCUT2D eigenvalue weighted by Gasteiger charge is 2.33. The molecular formula is C16H20N2O4. The molecule has 0 aliphatic heterocycles. The third-order valence-corrected chi connectivity index (χ3v) is 3.93. The van der Waals surface area contributed by atoms with E-state index < -0.39 is 17.4 Å². The predicted octanol–water partition coefficient (Wildman–Crippen LogP) is 2.02. The molecule has 1 unspecified atom stereocenters. The fraction of sp³-hybridized carbons (Fsp3) is 0.438. The first-order chi connectivity index (χ1) is 10.4. The highest BCUT2D eigenvalue weighted by Crippen LogP contribution is 2.30. The van der Waals surface area contributed by atoms with Gasteiger partial charge in [0.05, 0.1) is 0 Å². The van der Waals surface area contributed by atoms with E-state index in [-0.39, 0.29) is 18.2 Å². The molecule has 0 spiro atoms. The van der Waals surface area contributed by atoms with Gasteiger partial charge in [0.25, 0.3) is 5.91 Å². The summed E-state index contributed by atoms with van der Waals surface area (Å²) in [6, 6.07) is 6.41. The molecule has 6 heteroatoms. The molecule has 1 atom stereocenters. The number of nitrogens with one attached hydrogen (secondary N) is 2. The van der Waals surface area contributed by atoms with Gasteiger partial charge in [-0.1, -0.05) is 6.92 Å². The lowest BCUT2D eigenvalue weighted by atomic mass is 9.98. The Balaban J connectivity index is 2.01. The van der Waals surface area contributed by atoms with Gasteiger partial charge in [0, 0.05) is 17.2 Å². The molecule has 1 aromatic carbocycles. The monoisotopic (exact) mass is 304 g/mol. The Labute approximate surface area is 128 Å². The van der Waals surface area contributed by atoms with Gasteiger partial charge in [-0.3, -0.25) is 9.59 Å². The second-order valence-electron chi connectivity index (χ2n) is 5.79. The summed E-state index contributed by atoms with van der Waals surface area (Å²) < 4.78 is 0. The van der Waals surface area contributed by atoms with Crippen molar-refractivity contribution in [1.29, 1.82) is 0 Å². The zero-order valence-electron chi connectivity index (χ0n) is 12.7. The van der Waals surface area contributed by atoms with Gasteiger partial charge in [0.1, 0.15) is 5.54 Å². The number of amides is 2. The van der Waals surface area contributed by atoms with Crippen LogP contribution in [0.4, 0.5) is 5.69 Å². The number of rotatable bonds is 6. The lowest BCUT2D eigenvalue weighted by Crippen LogP contribution is -2.51. The van der Waals surface area contributed by atoms with Gasteiger partial charge < -0.3 is 15.7 Å². The van der Waals surface area contributed by atoms with E-state index in [0.29, 0.717) is 11.3 Å². The lowest BCUT2D eigenvalue weighted by Gasteiger charge is -2.24. The van der Waals surface area contributed by atoms with Crippen molar-refractivity contribution in [3.63, 3.8) is 0 Å². The van der Waals surface area contributed by atoms with E-state index in [1.165, 1.54) is 6.92 Å². The Morgan fingerprint density at radius 1 is 1.23 bits per heavy atom. The number of carboxylic acids is 1. The quantitative estimate of drug-likeness (QED) is 0.749. The summed E-state index contributed by atoms with van der Waals surface area (Å²) in [6.45, 7) is 3.17. The third kappa shape index (κ3) is 3.63. The summed E-state index contributed by atoms with van der Waals surface area (Å²) in [7, 11) is 0. The molecular weight excluding hydrogens is 284 g/mol. The van der Waals surface area contributed by atoms with Gasteiger partial charge in [-0.15, -0.1) is 0 Å². The molecule has 6 nitrogen and oxygen atoms in total. The van der Waals surface area contributed by atoms with Gasteiger partial charge >= 0.3 is 5.97 Å². The SMILES string of the molecule is CCC(C)(NC(=O)c1ccc(NC(=O)C2CC2)cc1)C(=O)O. The summed E-state index contributed by atoms with van der Waals surface area (Å²) in [5.74, 6) is -1.41. The maximum Gasteiger partial charge on any atom is 0.329 e. The molecule has 118 valence electrons. The minimum Gasteiger partial charge on any atom is -0.480 e. The molecule has 1 aliphatic rings. The molecule has 1 aromatic rings. The molecule has 1 fully saturated rings. The average molecular weight is 304 g/mol. The van der Waals surface area contributed by atoms with Crippen LogP contribution in [0.15, 0.2) is 24.3 Å². The third-order valence-electron chi connectivity index (χ3n) is 3.93. The molecule has 0 radical (unpaired) electrons. The number of hydrogen-bond donors (Lipinski definition) is 3. The fourth-order valence-electron chi connectivity index (χ4n) is 1.91. The molecule has 1 saturated carbocycles. The molecule has 0 heterocycles. The zero-order valence-corrected chi connectivity index (χ0v) is 12.7. The summed E-state index contributed by atoms with van der Waals surface area (Å²) in [6.07, 6.45) is 2.14. The largest absolute Gasteiger partial charge is 0.480 e. The second kappa shape index (κ2) is 6.17.